The van der Waals surface area contributed by atoms with Crippen LogP contribution in [0.15, 0.2) is 48.8 Å². The van der Waals surface area contributed by atoms with Crippen LogP contribution >= 0.6 is 0 Å². The summed E-state index contributed by atoms with van der Waals surface area (Å²) in [6, 6.07) is 8.78. The first-order valence-electron chi connectivity index (χ1n) is 6.78. The number of methoxy groups -OCH3 is 1. The molecular formula is C16H14FN3O3. The van der Waals surface area contributed by atoms with Crippen molar-refractivity contribution in [2.75, 3.05) is 7.11 Å². The van der Waals surface area contributed by atoms with Crippen LogP contribution in [0.3, 0.4) is 0 Å². The molecule has 0 amide bonds. The standard InChI is InChI=1S/C16H14FN3O3/c1-23-13-5-6-14(16(21,22)11-8-18-19-9-11)20-15(13)10-3-2-4-12(17)7-10/h2-9,21-22H,1H3,(H,18,19). The first-order valence-corrected chi connectivity index (χ1v) is 6.78. The molecule has 3 rings (SSSR count). The molecule has 0 fully saturated rings. The third-order valence-corrected chi connectivity index (χ3v) is 3.43. The second kappa shape index (κ2) is 5.79. The number of aromatic nitrogens is 3. The zero-order valence-electron chi connectivity index (χ0n) is 12.2. The zero-order chi connectivity index (χ0) is 16.4. The van der Waals surface area contributed by atoms with Crippen LogP contribution in [0.5, 0.6) is 5.75 Å². The van der Waals surface area contributed by atoms with Gasteiger partial charge in [0.25, 0.3) is 0 Å². The van der Waals surface area contributed by atoms with Crippen molar-refractivity contribution in [1.82, 2.24) is 15.2 Å². The van der Waals surface area contributed by atoms with Gasteiger partial charge in [-0.25, -0.2) is 9.37 Å². The highest BCUT2D eigenvalue weighted by atomic mass is 19.1. The summed E-state index contributed by atoms with van der Waals surface area (Å²) < 4.78 is 18.7. The van der Waals surface area contributed by atoms with Crippen molar-refractivity contribution in [2.45, 2.75) is 5.79 Å². The molecule has 0 aliphatic heterocycles. The van der Waals surface area contributed by atoms with E-state index in [4.69, 9.17) is 4.74 Å². The van der Waals surface area contributed by atoms with Crippen LogP contribution < -0.4 is 4.74 Å². The van der Waals surface area contributed by atoms with E-state index >= 15 is 0 Å². The molecule has 0 radical (unpaired) electrons. The van der Waals surface area contributed by atoms with Gasteiger partial charge < -0.3 is 14.9 Å². The molecule has 2 heterocycles. The van der Waals surface area contributed by atoms with Gasteiger partial charge in [-0.05, 0) is 24.3 Å². The lowest BCUT2D eigenvalue weighted by Crippen LogP contribution is -2.27. The summed E-state index contributed by atoms with van der Waals surface area (Å²) in [6.45, 7) is 0. The van der Waals surface area contributed by atoms with Crippen molar-refractivity contribution in [1.29, 1.82) is 0 Å². The maximum Gasteiger partial charge on any atom is 0.238 e. The van der Waals surface area contributed by atoms with Crippen molar-refractivity contribution in [3.05, 3.63) is 65.9 Å². The summed E-state index contributed by atoms with van der Waals surface area (Å²) in [7, 11) is 1.46. The van der Waals surface area contributed by atoms with Crippen molar-refractivity contribution in [3.8, 4) is 17.0 Å². The van der Waals surface area contributed by atoms with Gasteiger partial charge in [0.05, 0.1) is 18.9 Å². The van der Waals surface area contributed by atoms with Crippen molar-refractivity contribution < 1.29 is 19.3 Å². The number of aliphatic hydroxyl groups is 2. The van der Waals surface area contributed by atoms with Crippen molar-refractivity contribution in [2.24, 2.45) is 0 Å². The van der Waals surface area contributed by atoms with Gasteiger partial charge in [-0.3, -0.25) is 5.10 Å². The Morgan fingerprint density at radius 1 is 1.22 bits per heavy atom. The Bertz CT molecular complexity index is 819. The molecule has 0 bridgehead atoms. The highest BCUT2D eigenvalue weighted by Crippen LogP contribution is 2.32. The predicted molar refractivity (Wildman–Crippen MR) is 80.0 cm³/mol. The molecule has 7 heteroatoms. The van der Waals surface area contributed by atoms with E-state index in [0.717, 1.165) is 0 Å². The molecule has 0 aliphatic rings. The molecule has 0 aliphatic carbocycles. The fourth-order valence-electron chi connectivity index (χ4n) is 2.24. The number of halogens is 1. The number of aromatic amines is 1. The first-order chi connectivity index (χ1) is 11.0. The highest BCUT2D eigenvalue weighted by molar-refractivity contribution is 5.66. The average Bonchev–Trinajstić information content (AvgIpc) is 3.09. The number of nitrogens with one attached hydrogen (secondary N) is 1. The SMILES string of the molecule is COc1ccc(C(O)(O)c2cn[nH]c2)nc1-c1cccc(F)c1. The smallest absolute Gasteiger partial charge is 0.238 e. The maximum atomic E-state index is 13.5. The minimum absolute atomic E-state index is 0.0287. The van der Waals surface area contributed by atoms with Gasteiger partial charge in [0, 0.05) is 11.8 Å². The normalized spacial score (nSPS) is 11.5. The number of nitrogens with zero attached hydrogens (tertiary/aromatic N) is 2. The quantitative estimate of drug-likeness (QED) is 0.639. The van der Waals surface area contributed by atoms with Crippen LogP contribution in [-0.2, 0) is 5.79 Å². The van der Waals surface area contributed by atoms with Gasteiger partial charge in [0.15, 0.2) is 0 Å². The predicted octanol–water partition coefficient (Wildman–Crippen LogP) is 1.81. The number of benzene rings is 1. The summed E-state index contributed by atoms with van der Waals surface area (Å²) in [5.74, 6) is -2.37. The second-order valence-electron chi connectivity index (χ2n) is 4.92. The van der Waals surface area contributed by atoms with E-state index in [0.29, 0.717) is 17.0 Å². The third kappa shape index (κ3) is 2.79. The lowest BCUT2D eigenvalue weighted by atomic mass is 10.0. The van der Waals surface area contributed by atoms with E-state index in [-0.39, 0.29) is 11.3 Å². The van der Waals surface area contributed by atoms with E-state index in [9.17, 15) is 14.6 Å². The number of hydrogen-bond donors (Lipinski definition) is 3. The van der Waals surface area contributed by atoms with Crippen LogP contribution in [-0.4, -0.2) is 32.5 Å². The molecule has 1 aromatic carbocycles. The van der Waals surface area contributed by atoms with Gasteiger partial charge in [-0.15, -0.1) is 0 Å². The minimum atomic E-state index is -2.33. The maximum absolute atomic E-state index is 13.5. The molecule has 0 saturated carbocycles. The van der Waals surface area contributed by atoms with E-state index in [1.54, 1.807) is 18.2 Å². The first kappa shape index (κ1) is 15.1. The molecule has 0 unspecified atom stereocenters. The molecule has 6 nitrogen and oxygen atoms in total. The Hall–Kier alpha value is -2.77. The number of rotatable bonds is 4. The van der Waals surface area contributed by atoms with E-state index in [2.05, 4.69) is 15.2 Å². The lowest BCUT2D eigenvalue weighted by Gasteiger charge is -2.21. The summed E-state index contributed by atoms with van der Waals surface area (Å²) in [6.07, 6.45) is 2.64. The van der Waals surface area contributed by atoms with Crippen molar-refractivity contribution >= 4 is 0 Å². The molecule has 0 atom stereocenters. The Kier molecular flexibility index (Phi) is 3.81. The Morgan fingerprint density at radius 3 is 2.70 bits per heavy atom. The molecule has 0 spiro atoms. The number of H-pyrrole nitrogens is 1. The lowest BCUT2D eigenvalue weighted by molar-refractivity contribution is -0.135. The van der Waals surface area contributed by atoms with Crippen LogP contribution in [0.1, 0.15) is 11.3 Å². The average molecular weight is 315 g/mol. The summed E-state index contributed by atoms with van der Waals surface area (Å²) >= 11 is 0. The molecular weight excluding hydrogens is 301 g/mol. The summed E-state index contributed by atoms with van der Waals surface area (Å²) in [5, 5.41) is 26.9. The van der Waals surface area contributed by atoms with Crippen LogP contribution in [0.25, 0.3) is 11.3 Å². The van der Waals surface area contributed by atoms with E-state index in [1.165, 1.54) is 37.7 Å². The molecule has 118 valence electrons. The van der Waals surface area contributed by atoms with Gasteiger partial charge in [-0.1, -0.05) is 12.1 Å². The summed E-state index contributed by atoms with van der Waals surface area (Å²) in [4.78, 5) is 4.25. The molecule has 3 N–H and O–H groups in total. The second-order valence-corrected chi connectivity index (χ2v) is 4.92. The molecule has 2 aromatic heterocycles. The van der Waals surface area contributed by atoms with Gasteiger partial charge >= 0.3 is 0 Å². The highest BCUT2D eigenvalue weighted by Gasteiger charge is 2.32. The fourth-order valence-corrected chi connectivity index (χ4v) is 2.24. The fraction of sp³-hybridized carbons (Fsp3) is 0.125. The molecule has 3 aromatic rings. The van der Waals surface area contributed by atoms with E-state index in [1.807, 2.05) is 0 Å². The Labute approximate surface area is 131 Å². The largest absolute Gasteiger partial charge is 0.494 e. The van der Waals surface area contributed by atoms with Crippen molar-refractivity contribution in [3.63, 3.8) is 0 Å². The number of ether oxygens (including phenoxy) is 1. The van der Waals surface area contributed by atoms with Gasteiger partial charge in [0.1, 0.15) is 23.0 Å². The number of pyridine rings is 1. The minimum Gasteiger partial charge on any atom is -0.494 e. The number of hydrogen-bond acceptors (Lipinski definition) is 5. The van der Waals surface area contributed by atoms with Crippen LogP contribution in [0.2, 0.25) is 0 Å². The summed E-state index contributed by atoms with van der Waals surface area (Å²) in [5.41, 5.74) is 0.881. The zero-order valence-corrected chi connectivity index (χ0v) is 12.2. The van der Waals surface area contributed by atoms with Gasteiger partial charge in [-0.2, -0.15) is 5.10 Å². The third-order valence-electron chi connectivity index (χ3n) is 3.43. The molecule has 0 saturated heterocycles. The molecule has 23 heavy (non-hydrogen) atoms. The topological polar surface area (TPSA) is 91.3 Å². The van der Waals surface area contributed by atoms with Gasteiger partial charge in [0.2, 0.25) is 5.79 Å². The van der Waals surface area contributed by atoms with Crippen LogP contribution in [0, 0.1) is 5.82 Å². The van der Waals surface area contributed by atoms with Crippen LogP contribution in [0.4, 0.5) is 4.39 Å². The van der Waals surface area contributed by atoms with E-state index < -0.39 is 11.6 Å². The monoisotopic (exact) mass is 315 g/mol. The Balaban J connectivity index is 2.13. The Morgan fingerprint density at radius 2 is 2.04 bits per heavy atom.